The number of halogens is 2. The number of benzene rings is 2. The Morgan fingerprint density at radius 2 is 1.92 bits per heavy atom. The summed E-state index contributed by atoms with van der Waals surface area (Å²) in [4.78, 5) is 35.5. The third-order valence-electron chi connectivity index (χ3n) is 8.77. The number of carbonyl (C=O) groups is 1. The first-order valence-electron chi connectivity index (χ1n) is 13.2. The molecule has 39 heavy (non-hydrogen) atoms. The van der Waals surface area contributed by atoms with Gasteiger partial charge >= 0.3 is 0 Å². The fourth-order valence-corrected chi connectivity index (χ4v) is 6.81. The minimum atomic E-state index is -0.565. The molecule has 2 N–H and O–H groups in total. The van der Waals surface area contributed by atoms with Crippen molar-refractivity contribution in [2.75, 3.05) is 0 Å². The van der Waals surface area contributed by atoms with Crippen LogP contribution in [-0.4, -0.2) is 30.5 Å². The molecular weight excluding hydrogens is 517 g/mol. The molecule has 0 bridgehead atoms. The van der Waals surface area contributed by atoms with E-state index in [0.29, 0.717) is 53.9 Å². The molecule has 1 atom stereocenters. The van der Waals surface area contributed by atoms with Gasteiger partial charge in [0, 0.05) is 45.8 Å². The number of imidazole rings is 1. The number of fused-ring (bicyclic) bond motifs is 6. The SMILES string of the molecule is O=C1CC2(CC2)Cc2ccc(Cl)c(F)c2-c2cc(=O)n3c(c21)CC[C@@H]3c1ncc(-c2ccc3[nH]ncc3c2)[nH]1. The van der Waals surface area contributed by atoms with Gasteiger partial charge in [-0.25, -0.2) is 9.37 Å². The Morgan fingerprint density at radius 1 is 1.05 bits per heavy atom. The Labute approximate surface area is 227 Å². The molecule has 3 aliphatic rings. The number of ketones is 1. The summed E-state index contributed by atoms with van der Waals surface area (Å²) in [5.74, 6) is 0.0697. The van der Waals surface area contributed by atoms with E-state index in [2.05, 4.69) is 20.2 Å². The van der Waals surface area contributed by atoms with E-state index >= 15 is 4.39 Å². The van der Waals surface area contributed by atoms with Crippen LogP contribution in [-0.2, 0) is 12.8 Å². The molecule has 2 aromatic carbocycles. The summed E-state index contributed by atoms with van der Waals surface area (Å²) in [6.07, 6.45) is 7.57. The van der Waals surface area contributed by atoms with E-state index in [1.54, 1.807) is 23.0 Å². The summed E-state index contributed by atoms with van der Waals surface area (Å²) >= 11 is 6.21. The summed E-state index contributed by atoms with van der Waals surface area (Å²) in [5, 5.41) is 8.02. The Kier molecular flexibility index (Phi) is 4.69. The van der Waals surface area contributed by atoms with Gasteiger partial charge in [0.2, 0.25) is 0 Å². The number of hydrogen-bond donors (Lipinski definition) is 2. The second-order valence-electron chi connectivity index (χ2n) is 11.2. The fraction of sp³-hybridized carbons (Fsp3) is 0.267. The van der Waals surface area contributed by atoms with Crippen LogP contribution in [0.5, 0.6) is 0 Å². The molecule has 1 aliphatic heterocycles. The Hall–Kier alpha value is -4.04. The zero-order chi connectivity index (χ0) is 26.5. The van der Waals surface area contributed by atoms with Crippen molar-refractivity contribution in [2.24, 2.45) is 5.41 Å². The molecule has 0 unspecified atom stereocenters. The van der Waals surface area contributed by atoms with Crippen LogP contribution in [0.3, 0.4) is 0 Å². The molecule has 5 aromatic rings. The zero-order valence-corrected chi connectivity index (χ0v) is 21.6. The van der Waals surface area contributed by atoms with E-state index in [9.17, 15) is 9.59 Å². The van der Waals surface area contributed by atoms with Gasteiger partial charge in [0.15, 0.2) is 5.78 Å². The molecule has 9 heteroatoms. The van der Waals surface area contributed by atoms with Gasteiger partial charge in [-0.2, -0.15) is 5.10 Å². The molecule has 4 heterocycles. The minimum absolute atomic E-state index is 0.00669. The number of aromatic nitrogens is 5. The number of rotatable bonds is 2. The molecule has 8 rings (SSSR count). The van der Waals surface area contributed by atoms with E-state index < -0.39 is 5.82 Å². The van der Waals surface area contributed by atoms with Crippen LogP contribution in [0.2, 0.25) is 5.02 Å². The van der Waals surface area contributed by atoms with Crippen molar-refractivity contribution in [3.8, 4) is 22.4 Å². The lowest BCUT2D eigenvalue weighted by molar-refractivity contribution is 0.0953. The molecule has 0 saturated heterocycles. The van der Waals surface area contributed by atoms with Crippen LogP contribution in [0.1, 0.15) is 59.2 Å². The van der Waals surface area contributed by atoms with Gasteiger partial charge in [0.25, 0.3) is 5.56 Å². The minimum Gasteiger partial charge on any atom is -0.340 e. The maximum Gasteiger partial charge on any atom is 0.252 e. The number of Topliss-reactive ketones (excluding diaryl/α,β-unsaturated/α-hetero) is 1. The second-order valence-corrected chi connectivity index (χ2v) is 11.6. The first kappa shape index (κ1) is 22.9. The summed E-state index contributed by atoms with van der Waals surface area (Å²) in [5.41, 5.74) is 4.93. The van der Waals surface area contributed by atoms with Crippen molar-refractivity contribution >= 4 is 28.3 Å². The maximum absolute atomic E-state index is 15.6. The van der Waals surface area contributed by atoms with Gasteiger partial charge < -0.3 is 9.55 Å². The Morgan fingerprint density at radius 3 is 2.77 bits per heavy atom. The van der Waals surface area contributed by atoms with Crippen LogP contribution < -0.4 is 5.56 Å². The normalized spacial score (nSPS) is 19.0. The fourth-order valence-electron chi connectivity index (χ4n) is 6.65. The lowest BCUT2D eigenvalue weighted by atomic mass is 9.80. The quantitative estimate of drug-likeness (QED) is 0.287. The van der Waals surface area contributed by atoms with Crippen molar-refractivity contribution in [1.29, 1.82) is 0 Å². The number of pyridine rings is 1. The second kappa shape index (κ2) is 7.99. The lowest BCUT2D eigenvalue weighted by Gasteiger charge is -2.25. The van der Waals surface area contributed by atoms with E-state index in [4.69, 9.17) is 11.6 Å². The van der Waals surface area contributed by atoms with Gasteiger partial charge in [-0.15, -0.1) is 0 Å². The Bertz CT molecular complexity index is 1910. The average Bonchev–Trinajstić information content (AvgIpc) is 3.31. The van der Waals surface area contributed by atoms with Crippen molar-refractivity contribution in [3.63, 3.8) is 0 Å². The van der Waals surface area contributed by atoms with E-state index in [0.717, 1.165) is 40.6 Å². The highest BCUT2D eigenvalue weighted by Crippen LogP contribution is 2.55. The van der Waals surface area contributed by atoms with Gasteiger partial charge in [-0.1, -0.05) is 23.7 Å². The molecule has 3 aromatic heterocycles. The van der Waals surface area contributed by atoms with Crippen LogP contribution in [0, 0.1) is 11.2 Å². The highest BCUT2D eigenvalue weighted by atomic mass is 35.5. The van der Waals surface area contributed by atoms with Crippen LogP contribution >= 0.6 is 11.6 Å². The van der Waals surface area contributed by atoms with Crippen molar-refractivity contribution in [2.45, 2.75) is 44.6 Å². The van der Waals surface area contributed by atoms with Crippen LogP contribution in [0.25, 0.3) is 33.3 Å². The molecule has 0 radical (unpaired) electrons. The number of nitrogens with one attached hydrogen (secondary N) is 2. The van der Waals surface area contributed by atoms with Crippen molar-refractivity contribution in [3.05, 3.63) is 92.6 Å². The molecule has 194 valence electrons. The van der Waals surface area contributed by atoms with E-state index in [1.165, 1.54) is 6.07 Å². The summed E-state index contributed by atoms with van der Waals surface area (Å²) in [7, 11) is 0. The predicted molar refractivity (Wildman–Crippen MR) is 146 cm³/mol. The van der Waals surface area contributed by atoms with E-state index in [1.807, 2.05) is 24.3 Å². The summed E-state index contributed by atoms with van der Waals surface area (Å²) in [6.45, 7) is 0. The zero-order valence-electron chi connectivity index (χ0n) is 20.9. The highest BCUT2D eigenvalue weighted by Gasteiger charge is 2.47. The number of nitrogens with zero attached hydrogens (tertiary/aromatic N) is 3. The summed E-state index contributed by atoms with van der Waals surface area (Å²) in [6, 6.07) is 10.5. The number of carbonyl (C=O) groups excluding carboxylic acids is 1. The van der Waals surface area contributed by atoms with Crippen molar-refractivity contribution < 1.29 is 9.18 Å². The monoisotopic (exact) mass is 539 g/mol. The summed E-state index contributed by atoms with van der Waals surface area (Å²) < 4.78 is 17.3. The largest absolute Gasteiger partial charge is 0.340 e. The Balaban J connectivity index is 1.27. The molecule has 2 aliphatic carbocycles. The molecule has 1 fully saturated rings. The molecule has 1 spiro atoms. The average molecular weight is 540 g/mol. The predicted octanol–water partition coefficient (Wildman–Crippen LogP) is 6.02. The van der Waals surface area contributed by atoms with Gasteiger partial charge in [0.05, 0.1) is 34.7 Å². The third kappa shape index (κ3) is 3.40. The maximum atomic E-state index is 15.6. The van der Waals surface area contributed by atoms with Gasteiger partial charge in [-0.3, -0.25) is 14.7 Å². The van der Waals surface area contributed by atoms with Gasteiger partial charge in [0.1, 0.15) is 11.6 Å². The number of H-pyrrole nitrogens is 2. The number of hydrogen-bond acceptors (Lipinski definition) is 4. The smallest absolute Gasteiger partial charge is 0.252 e. The van der Waals surface area contributed by atoms with E-state index in [-0.39, 0.29) is 27.8 Å². The molecule has 0 amide bonds. The van der Waals surface area contributed by atoms with Crippen molar-refractivity contribution in [1.82, 2.24) is 24.7 Å². The van der Waals surface area contributed by atoms with Crippen LogP contribution in [0.4, 0.5) is 4.39 Å². The molecular formula is C30H23ClFN5O2. The standard InChI is InChI=1S/C30H23ClFN5O2/c31-19-3-1-16-11-30(7-8-30)12-24(38)27-18(26(16)28(19)32)10-25(39)37-22(27)5-6-23(37)29-33-14-21(35-29)15-2-4-20-17(9-15)13-34-36-20/h1-4,9-10,13-14,23H,5-8,11-12H2,(H,33,35)(H,34,36)/t23-/m1/s1. The highest BCUT2D eigenvalue weighted by molar-refractivity contribution is 6.31. The first-order chi connectivity index (χ1) is 18.9. The van der Waals surface area contributed by atoms with Gasteiger partial charge in [-0.05, 0) is 61.3 Å². The van der Waals surface area contributed by atoms with Crippen LogP contribution in [0.15, 0.2) is 53.6 Å². The topological polar surface area (TPSA) is 96.4 Å². The molecule has 1 saturated carbocycles. The lowest BCUT2D eigenvalue weighted by Crippen LogP contribution is -2.28. The first-order valence-corrected chi connectivity index (χ1v) is 13.6. The molecule has 7 nitrogen and oxygen atoms in total. The third-order valence-corrected chi connectivity index (χ3v) is 9.06. The number of aromatic amines is 2.